The predicted molar refractivity (Wildman–Crippen MR) is 81.6 cm³/mol. The van der Waals surface area contributed by atoms with Gasteiger partial charge in [0, 0.05) is 10.6 Å². The molecule has 0 saturated heterocycles. The molecule has 0 radical (unpaired) electrons. The van der Waals surface area contributed by atoms with Crippen molar-refractivity contribution in [1.29, 1.82) is 0 Å². The molecule has 0 aliphatic rings. The topological polar surface area (TPSA) is 45.7 Å². The second-order valence-corrected chi connectivity index (χ2v) is 5.36. The minimum absolute atomic E-state index is 0.0217. The van der Waals surface area contributed by atoms with Crippen LogP contribution in [0.25, 0.3) is 0 Å². The zero-order valence-corrected chi connectivity index (χ0v) is 12.7. The van der Waals surface area contributed by atoms with Crippen molar-refractivity contribution in [3.05, 3.63) is 64.7 Å². The van der Waals surface area contributed by atoms with Crippen molar-refractivity contribution in [2.75, 3.05) is 11.9 Å². The van der Waals surface area contributed by atoms with Gasteiger partial charge in [-0.1, -0.05) is 29.8 Å². The predicted octanol–water partition coefficient (Wildman–Crippen LogP) is 2.88. The Hall–Kier alpha value is -1.98. The van der Waals surface area contributed by atoms with Crippen molar-refractivity contribution in [3.8, 4) is 0 Å². The van der Waals surface area contributed by atoms with Crippen LogP contribution >= 0.6 is 11.6 Å². The van der Waals surface area contributed by atoms with Crippen molar-refractivity contribution in [2.45, 2.75) is 13.0 Å². The van der Waals surface area contributed by atoms with Gasteiger partial charge >= 0.3 is 0 Å². The fourth-order valence-electron chi connectivity index (χ4n) is 1.99. The number of hydrogen-bond donors (Lipinski definition) is 2. The molecule has 0 heterocycles. The molecular weight excluding hydrogens is 310 g/mol. The lowest BCUT2D eigenvalue weighted by atomic mass is 10.1. The molecule has 0 fully saturated rings. The van der Waals surface area contributed by atoms with Crippen LogP contribution < -0.4 is 10.6 Å². The maximum absolute atomic E-state index is 13.4. The number of hydrogen-bond acceptors (Lipinski definition) is 1. The van der Waals surface area contributed by atoms with E-state index in [0.29, 0.717) is 5.02 Å². The minimum Gasteiger partial charge on any atom is -0.333 e. The van der Waals surface area contributed by atoms with Gasteiger partial charge in [-0.25, -0.2) is 8.78 Å². The first-order chi connectivity index (χ1) is 10.5. The Labute approximate surface area is 132 Å². The van der Waals surface area contributed by atoms with Crippen molar-refractivity contribution in [2.24, 2.45) is 0 Å². The van der Waals surface area contributed by atoms with Crippen molar-refractivity contribution < 1.29 is 18.9 Å². The molecule has 0 saturated carbocycles. The van der Waals surface area contributed by atoms with E-state index in [-0.39, 0.29) is 12.6 Å². The molecule has 2 aromatic carbocycles. The summed E-state index contributed by atoms with van der Waals surface area (Å²) in [5.41, 5.74) is 0.592. The number of carbonyl (C=O) groups is 1. The largest absolute Gasteiger partial charge is 0.333 e. The van der Waals surface area contributed by atoms with Crippen LogP contribution in [0.3, 0.4) is 0 Å². The normalized spacial score (nSPS) is 12.0. The maximum Gasteiger partial charge on any atom is 0.279 e. The molecule has 1 atom stereocenters. The number of rotatable bonds is 5. The third-order valence-electron chi connectivity index (χ3n) is 3.28. The maximum atomic E-state index is 13.4. The number of amides is 1. The zero-order valence-electron chi connectivity index (χ0n) is 11.9. The van der Waals surface area contributed by atoms with E-state index in [9.17, 15) is 13.6 Å². The van der Waals surface area contributed by atoms with Crippen LogP contribution in [0.5, 0.6) is 0 Å². The molecule has 2 aromatic rings. The SMILES string of the molecule is C[C@@H]([NH2+]CC(=O)Nc1c(F)cccc1F)c1ccc(Cl)cc1. The highest BCUT2D eigenvalue weighted by Crippen LogP contribution is 2.17. The summed E-state index contributed by atoms with van der Waals surface area (Å²) in [6, 6.07) is 10.8. The number of anilines is 1. The molecule has 3 nitrogen and oxygen atoms in total. The molecule has 3 N–H and O–H groups in total. The number of carbonyl (C=O) groups excluding carboxylic acids is 1. The lowest BCUT2D eigenvalue weighted by molar-refractivity contribution is -0.682. The highest BCUT2D eigenvalue weighted by molar-refractivity contribution is 6.30. The van der Waals surface area contributed by atoms with Gasteiger partial charge in [0.1, 0.15) is 23.4 Å². The zero-order chi connectivity index (χ0) is 16.1. The second kappa shape index (κ2) is 7.33. The summed E-state index contributed by atoms with van der Waals surface area (Å²) in [4.78, 5) is 11.8. The summed E-state index contributed by atoms with van der Waals surface area (Å²) >= 11 is 5.82. The molecule has 0 unspecified atom stereocenters. The molecule has 116 valence electrons. The average Bonchev–Trinajstić information content (AvgIpc) is 2.49. The number of para-hydroxylation sites is 1. The Morgan fingerprint density at radius 2 is 1.77 bits per heavy atom. The van der Waals surface area contributed by atoms with E-state index >= 15 is 0 Å². The van der Waals surface area contributed by atoms with Gasteiger partial charge in [0.25, 0.3) is 5.91 Å². The molecule has 22 heavy (non-hydrogen) atoms. The number of nitrogens with one attached hydrogen (secondary N) is 1. The van der Waals surface area contributed by atoms with Crippen LogP contribution in [-0.2, 0) is 4.79 Å². The van der Waals surface area contributed by atoms with Crippen molar-refractivity contribution in [3.63, 3.8) is 0 Å². The molecule has 0 aromatic heterocycles. The van der Waals surface area contributed by atoms with E-state index < -0.39 is 23.2 Å². The molecule has 0 bridgehead atoms. The van der Waals surface area contributed by atoms with Crippen LogP contribution in [0.4, 0.5) is 14.5 Å². The van der Waals surface area contributed by atoms with E-state index in [1.54, 1.807) is 17.4 Å². The van der Waals surface area contributed by atoms with Crippen LogP contribution in [0.15, 0.2) is 42.5 Å². The molecule has 0 aliphatic heterocycles. The minimum atomic E-state index is -0.793. The molecule has 1 amide bonds. The fourth-order valence-corrected chi connectivity index (χ4v) is 2.12. The summed E-state index contributed by atoms with van der Waals surface area (Å²) in [5, 5.41) is 4.67. The van der Waals surface area contributed by atoms with E-state index in [4.69, 9.17) is 11.6 Å². The Balaban J connectivity index is 1.91. The third-order valence-corrected chi connectivity index (χ3v) is 3.53. The van der Waals surface area contributed by atoms with E-state index in [0.717, 1.165) is 17.7 Å². The highest BCUT2D eigenvalue weighted by Gasteiger charge is 2.15. The first-order valence-electron chi connectivity index (χ1n) is 6.80. The van der Waals surface area contributed by atoms with E-state index in [2.05, 4.69) is 5.32 Å². The number of halogens is 3. The fraction of sp³-hybridized carbons (Fsp3) is 0.188. The van der Waals surface area contributed by atoms with E-state index in [1.165, 1.54) is 6.07 Å². The van der Waals surface area contributed by atoms with Gasteiger partial charge in [0.2, 0.25) is 0 Å². The van der Waals surface area contributed by atoms with Gasteiger partial charge in [0.05, 0.1) is 0 Å². The smallest absolute Gasteiger partial charge is 0.279 e. The molecule has 0 spiro atoms. The van der Waals surface area contributed by atoms with Gasteiger partial charge in [-0.15, -0.1) is 0 Å². The van der Waals surface area contributed by atoms with Gasteiger partial charge in [-0.3, -0.25) is 4.79 Å². The Morgan fingerprint density at radius 1 is 1.18 bits per heavy atom. The summed E-state index contributed by atoms with van der Waals surface area (Å²) in [6.07, 6.45) is 0. The summed E-state index contributed by atoms with van der Waals surface area (Å²) < 4.78 is 26.9. The van der Waals surface area contributed by atoms with Gasteiger partial charge in [-0.2, -0.15) is 0 Å². The van der Waals surface area contributed by atoms with Crippen LogP contribution in [0.2, 0.25) is 5.02 Å². The number of nitrogens with two attached hydrogens (primary N) is 1. The van der Waals surface area contributed by atoms with Gasteiger partial charge < -0.3 is 10.6 Å². The Morgan fingerprint density at radius 3 is 2.36 bits per heavy atom. The van der Waals surface area contributed by atoms with Crippen LogP contribution in [-0.4, -0.2) is 12.5 Å². The standard InChI is InChI=1S/C16H15ClF2N2O/c1-10(11-5-7-12(17)8-6-11)20-9-15(22)21-16-13(18)3-2-4-14(16)19/h2-8,10,20H,9H2,1H3,(H,21,22)/p+1/t10-/m1/s1. The number of benzene rings is 2. The molecule has 0 aliphatic carbocycles. The van der Waals surface area contributed by atoms with Crippen molar-refractivity contribution >= 4 is 23.2 Å². The molecular formula is C16H16ClF2N2O+. The van der Waals surface area contributed by atoms with Gasteiger partial charge in [-0.05, 0) is 31.2 Å². The molecule has 2 rings (SSSR count). The van der Waals surface area contributed by atoms with Gasteiger partial charge in [0.15, 0.2) is 6.54 Å². The first-order valence-corrected chi connectivity index (χ1v) is 7.18. The monoisotopic (exact) mass is 325 g/mol. The highest BCUT2D eigenvalue weighted by atomic mass is 35.5. The quantitative estimate of drug-likeness (QED) is 0.872. The third kappa shape index (κ3) is 4.26. The summed E-state index contributed by atoms with van der Waals surface area (Å²) in [6.45, 7) is 1.98. The number of quaternary nitrogens is 1. The van der Waals surface area contributed by atoms with Crippen LogP contribution in [0.1, 0.15) is 18.5 Å². The Bertz CT molecular complexity index is 641. The summed E-state index contributed by atoms with van der Waals surface area (Å²) in [7, 11) is 0. The van der Waals surface area contributed by atoms with Crippen LogP contribution in [0, 0.1) is 11.6 Å². The van der Waals surface area contributed by atoms with Crippen molar-refractivity contribution in [1.82, 2.24) is 0 Å². The molecule has 6 heteroatoms. The second-order valence-electron chi connectivity index (χ2n) is 4.92. The lowest BCUT2D eigenvalue weighted by Gasteiger charge is -2.12. The summed E-state index contributed by atoms with van der Waals surface area (Å²) in [5.74, 6) is -2.05. The first kappa shape index (κ1) is 16.4. The van der Waals surface area contributed by atoms with E-state index in [1.807, 2.05) is 19.1 Å². The lowest BCUT2D eigenvalue weighted by Crippen LogP contribution is -2.86. The average molecular weight is 326 g/mol. The Kier molecular flexibility index (Phi) is 5.46.